The number of aliphatic imine (C=N–C) groups is 1. The first-order chi connectivity index (χ1) is 11.1. The second kappa shape index (κ2) is 8.36. The van der Waals surface area contributed by atoms with Crippen molar-refractivity contribution in [1.82, 2.24) is 15.5 Å². The minimum absolute atomic E-state index is 0.0174. The van der Waals surface area contributed by atoms with Crippen LogP contribution in [0.2, 0.25) is 0 Å². The molecule has 1 aliphatic rings. The summed E-state index contributed by atoms with van der Waals surface area (Å²) >= 11 is 0. The van der Waals surface area contributed by atoms with Crippen molar-refractivity contribution in [2.45, 2.75) is 32.4 Å². The van der Waals surface area contributed by atoms with E-state index in [1.165, 1.54) is 0 Å². The van der Waals surface area contributed by atoms with Gasteiger partial charge in [0.25, 0.3) is 5.91 Å². The Balaban J connectivity index is 1.96. The molecule has 0 unspecified atom stereocenters. The first kappa shape index (κ1) is 17.1. The van der Waals surface area contributed by atoms with Gasteiger partial charge < -0.3 is 15.5 Å². The highest BCUT2D eigenvalue weighted by Crippen LogP contribution is 2.10. The molecule has 1 amide bonds. The van der Waals surface area contributed by atoms with Crippen LogP contribution in [0.3, 0.4) is 0 Å². The fourth-order valence-electron chi connectivity index (χ4n) is 2.43. The summed E-state index contributed by atoms with van der Waals surface area (Å²) in [5.41, 5.74) is 1.78. The molecule has 0 atom stereocenters. The molecule has 0 aliphatic heterocycles. The molecule has 124 valence electrons. The van der Waals surface area contributed by atoms with Crippen LogP contribution in [0.15, 0.2) is 41.4 Å². The molecular weight excluding hydrogens is 288 g/mol. The van der Waals surface area contributed by atoms with E-state index in [0.717, 1.165) is 30.9 Å². The van der Waals surface area contributed by atoms with Gasteiger partial charge in [-0.05, 0) is 37.5 Å². The molecule has 0 fully saturated rings. The van der Waals surface area contributed by atoms with Gasteiger partial charge in [-0.1, -0.05) is 24.3 Å². The lowest BCUT2D eigenvalue weighted by molar-refractivity contribution is 0.0827. The summed E-state index contributed by atoms with van der Waals surface area (Å²) in [5.74, 6) is 0.860. The van der Waals surface area contributed by atoms with Crippen molar-refractivity contribution in [1.29, 1.82) is 0 Å². The number of carbonyl (C=O) groups is 1. The number of guanidine groups is 1. The van der Waals surface area contributed by atoms with Gasteiger partial charge in [0.05, 0.1) is 6.54 Å². The van der Waals surface area contributed by atoms with E-state index in [1.54, 1.807) is 19.0 Å². The average Bonchev–Trinajstić information content (AvgIpc) is 3.05. The van der Waals surface area contributed by atoms with Crippen LogP contribution in [-0.2, 0) is 6.54 Å². The van der Waals surface area contributed by atoms with Crippen molar-refractivity contribution in [3.05, 3.63) is 47.5 Å². The Kier molecular flexibility index (Phi) is 6.20. The van der Waals surface area contributed by atoms with Crippen molar-refractivity contribution in [3.63, 3.8) is 0 Å². The zero-order chi connectivity index (χ0) is 16.7. The normalized spacial score (nSPS) is 14.8. The van der Waals surface area contributed by atoms with E-state index in [0.29, 0.717) is 18.2 Å². The zero-order valence-corrected chi connectivity index (χ0v) is 14.2. The topological polar surface area (TPSA) is 56.7 Å². The van der Waals surface area contributed by atoms with Gasteiger partial charge in [0.2, 0.25) is 0 Å². The summed E-state index contributed by atoms with van der Waals surface area (Å²) in [6, 6.07) is 8.07. The van der Waals surface area contributed by atoms with Gasteiger partial charge in [-0.3, -0.25) is 4.79 Å². The standard InChI is InChI=1S/C18H26N4O/c1-4-19-18(21-16-7-5-6-8-16)20-13-14-9-11-15(12-10-14)17(23)22(2)3/h5-6,9-12,16H,4,7-8,13H2,1-3H3,(H2,19,20,21). The predicted octanol–water partition coefficient (Wildman–Crippen LogP) is 2.16. The van der Waals surface area contributed by atoms with Crippen molar-refractivity contribution < 1.29 is 4.79 Å². The summed E-state index contributed by atoms with van der Waals surface area (Å²) in [7, 11) is 3.51. The summed E-state index contributed by atoms with van der Waals surface area (Å²) in [6.45, 7) is 3.49. The lowest BCUT2D eigenvalue weighted by atomic mass is 10.1. The highest BCUT2D eigenvalue weighted by atomic mass is 16.2. The Morgan fingerprint density at radius 1 is 1.22 bits per heavy atom. The molecule has 0 saturated heterocycles. The minimum atomic E-state index is 0.0174. The van der Waals surface area contributed by atoms with Crippen LogP contribution in [-0.4, -0.2) is 43.4 Å². The third-order valence-corrected chi connectivity index (χ3v) is 3.72. The van der Waals surface area contributed by atoms with Gasteiger partial charge in [-0.25, -0.2) is 4.99 Å². The molecular formula is C18H26N4O. The number of amides is 1. The maximum Gasteiger partial charge on any atom is 0.253 e. The number of nitrogens with one attached hydrogen (secondary N) is 2. The first-order valence-electron chi connectivity index (χ1n) is 8.10. The number of hydrogen-bond donors (Lipinski definition) is 2. The molecule has 0 bridgehead atoms. The van der Waals surface area contributed by atoms with E-state index in [-0.39, 0.29) is 5.91 Å². The smallest absolute Gasteiger partial charge is 0.253 e. The number of nitrogens with zero attached hydrogens (tertiary/aromatic N) is 2. The van der Waals surface area contributed by atoms with E-state index in [1.807, 2.05) is 24.3 Å². The highest BCUT2D eigenvalue weighted by Gasteiger charge is 2.11. The molecule has 0 saturated carbocycles. The predicted molar refractivity (Wildman–Crippen MR) is 94.6 cm³/mol. The summed E-state index contributed by atoms with van der Waals surface area (Å²) in [4.78, 5) is 18.1. The van der Waals surface area contributed by atoms with Crippen LogP contribution < -0.4 is 10.6 Å². The van der Waals surface area contributed by atoms with E-state index < -0.39 is 0 Å². The molecule has 0 spiro atoms. The Morgan fingerprint density at radius 2 is 1.87 bits per heavy atom. The molecule has 1 aromatic rings. The van der Waals surface area contributed by atoms with Gasteiger partial charge in [-0.15, -0.1) is 0 Å². The van der Waals surface area contributed by atoms with Crippen LogP contribution in [0.25, 0.3) is 0 Å². The van der Waals surface area contributed by atoms with Gasteiger partial charge in [0.15, 0.2) is 5.96 Å². The van der Waals surface area contributed by atoms with Crippen LogP contribution in [0, 0.1) is 0 Å². The Bertz CT molecular complexity index is 567. The third kappa shape index (κ3) is 5.13. The molecule has 5 nitrogen and oxygen atoms in total. The molecule has 23 heavy (non-hydrogen) atoms. The van der Waals surface area contributed by atoms with Gasteiger partial charge in [0, 0.05) is 32.2 Å². The van der Waals surface area contributed by atoms with Crippen LogP contribution in [0.5, 0.6) is 0 Å². The van der Waals surface area contributed by atoms with Crippen molar-refractivity contribution in [3.8, 4) is 0 Å². The van der Waals surface area contributed by atoms with Crippen molar-refractivity contribution in [2.75, 3.05) is 20.6 Å². The minimum Gasteiger partial charge on any atom is -0.357 e. The maximum atomic E-state index is 11.9. The van der Waals surface area contributed by atoms with Crippen LogP contribution in [0.1, 0.15) is 35.7 Å². The lowest BCUT2D eigenvalue weighted by Crippen LogP contribution is -2.42. The first-order valence-corrected chi connectivity index (χ1v) is 8.10. The fraction of sp³-hybridized carbons (Fsp3) is 0.444. The Labute approximate surface area is 138 Å². The molecule has 0 aromatic heterocycles. The molecule has 0 heterocycles. The molecule has 2 rings (SSSR count). The zero-order valence-electron chi connectivity index (χ0n) is 14.2. The maximum absolute atomic E-state index is 11.9. The second-order valence-corrected chi connectivity index (χ2v) is 5.88. The van der Waals surface area contributed by atoms with Crippen molar-refractivity contribution >= 4 is 11.9 Å². The van der Waals surface area contributed by atoms with E-state index in [2.05, 4.69) is 34.7 Å². The number of benzene rings is 1. The summed E-state index contributed by atoms with van der Waals surface area (Å²) in [5, 5.41) is 6.72. The molecule has 2 N–H and O–H groups in total. The van der Waals surface area contributed by atoms with E-state index >= 15 is 0 Å². The monoisotopic (exact) mass is 314 g/mol. The van der Waals surface area contributed by atoms with Gasteiger partial charge in [-0.2, -0.15) is 0 Å². The van der Waals surface area contributed by atoms with Crippen LogP contribution in [0.4, 0.5) is 0 Å². The second-order valence-electron chi connectivity index (χ2n) is 5.88. The number of carbonyl (C=O) groups excluding carboxylic acids is 1. The van der Waals surface area contributed by atoms with Crippen LogP contribution >= 0.6 is 0 Å². The average molecular weight is 314 g/mol. The lowest BCUT2D eigenvalue weighted by Gasteiger charge is -2.16. The molecule has 5 heteroatoms. The summed E-state index contributed by atoms with van der Waals surface area (Å²) in [6.07, 6.45) is 6.49. The van der Waals surface area contributed by atoms with Gasteiger partial charge >= 0.3 is 0 Å². The largest absolute Gasteiger partial charge is 0.357 e. The van der Waals surface area contributed by atoms with Crippen molar-refractivity contribution in [2.24, 2.45) is 4.99 Å². The highest BCUT2D eigenvalue weighted by molar-refractivity contribution is 5.93. The quantitative estimate of drug-likeness (QED) is 0.497. The number of rotatable bonds is 5. The molecule has 0 radical (unpaired) electrons. The SMILES string of the molecule is CCNC(=NCc1ccc(C(=O)N(C)C)cc1)NC1CC=CC1. The van der Waals surface area contributed by atoms with E-state index in [4.69, 9.17) is 0 Å². The molecule has 1 aliphatic carbocycles. The third-order valence-electron chi connectivity index (χ3n) is 3.72. The van der Waals surface area contributed by atoms with E-state index in [9.17, 15) is 4.79 Å². The fourth-order valence-corrected chi connectivity index (χ4v) is 2.43. The number of hydrogen-bond acceptors (Lipinski definition) is 2. The molecule has 1 aromatic carbocycles. The summed E-state index contributed by atoms with van der Waals surface area (Å²) < 4.78 is 0. The Morgan fingerprint density at radius 3 is 2.43 bits per heavy atom. The van der Waals surface area contributed by atoms with Gasteiger partial charge in [0.1, 0.15) is 0 Å². The Hall–Kier alpha value is -2.30.